The fraction of sp³-hybridized carbons (Fsp3) is 0.357. The zero-order valence-electron chi connectivity index (χ0n) is 11.9. The van der Waals surface area contributed by atoms with Gasteiger partial charge in [0.1, 0.15) is 5.01 Å². The van der Waals surface area contributed by atoms with Crippen molar-refractivity contribution < 1.29 is 4.79 Å². The minimum Gasteiger partial charge on any atom is -0.325 e. The van der Waals surface area contributed by atoms with Gasteiger partial charge >= 0.3 is 0 Å². The highest BCUT2D eigenvalue weighted by atomic mass is 32.2. The van der Waals surface area contributed by atoms with Crippen LogP contribution in [0.3, 0.4) is 0 Å². The molecule has 2 aromatic rings. The van der Waals surface area contributed by atoms with E-state index in [0.29, 0.717) is 0 Å². The van der Waals surface area contributed by atoms with E-state index in [1.807, 2.05) is 39.0 Å². The summed E-state index contributed by atoms with van der Waals surface area (Å²) in [5.74, 6) is -0.0221. The van der Waals surface area contributed by atoms with Crippen molar-refractivity contribution in [2.45, 2.75) is 37.3 Å². The molecule has 0 saturated heterocycles. The van der Waals surface area contributed by atoms with E-state index in [4.69, 9.17) is 0 Å². The maximum Gasteiger partial charge on any atom is 0.237 e. The number of hydrogen-bond acceptors (Lipinski definition) is 5. The average molecular weight is 307 g/mol. The van der Waals surface area contributed by atoms with Crippen molar-refractivity contribution in [3.05, 3.63) is 34.3 Å². The number of amides is 1. The smallest absolute Gasteiger partial charge is 0.237 e. The van der Waals surface area contributed by atoms with Gasteiger partial charge in [-0.05, 0) is 51.0 Å². The first-order valence-electron chi connectivity index (χ1n) is 6.30. The van der Waals surface area contributed by atoms with E-state index in [-0.39, 0.29) is 11.2 Å². The second kappa shape index (κ2) is 6.37. The molecule has 0 bridgehead atoms. The maximum absolute atomic E-state index is 12.1. The number of nitrogens with zero attached hydrogens (tertiary/aromatic N) is 2. The van der Waals surface area contributed by atoms with E-state index in [1.165, 1.54) is 34.2 Å². The lowest BCUT2D eigenvalue weighted by Crippen LogP contribution is -2.22. The number of carbonyl (C=O) groups is 1. The van der Waals surface area contributed by atoms with Crippen LogP contribution < -0.4 is 5.32 Å². The Hall–Kier alpha value is -1.40. The topological polar surface area (TPSA) is 54.9 Å². The second-order valence-electron chi connectivity index (χ2n) is 4.64. The summed E-state index contributed by atoms with van der Waals surface area (Å²) in [6.07, 6.45) is 0. The summed E-state index contributed by atoms with van der Waals surface area (Å²) in [6, 6.07) is 5.92. The number of rotatable bonds is 4. The fourth-order valence-corrected chi connectivity index (χ4v) is 3.55. The van der Waals surface area contributed by atoms with Crippen molar-refractivity contribution in [2.75, 3.05) is 5.32 Å². The second-order valence-corrected chi connectivity index (χ2v) is 7.40. The van der Waals surface area contributed by atoms with Crippen LogP contribution in [0.5, 0.6) is 0 Å². The van der Waals surface area contributed by atoms with Gasteiger partial charge in [0.2, 0.25) is 5.91 Å². The molecule has 1 unspecified atom stereocenters. The minimum absolute atomic E-state index is 0.0221. The molecule has 1 heterocycles. The van der Waals surface area contributed by atoms with Crippen LogP contribution in [-0.2, 0) is 4.79 Å². The third kappa shape index (κ3) is 3.80. The molecule has 1 amide bonds. The van der Waals surface area contributed by atoms with Crippen LogP contribution >= 0.6 is 23.1 Å². The normalized spacial score (nSPS) is 12.2. The number of benzene rings is 1. The Morgan fingerprint density at radius 2 is 2.00 bits per heavy atom. The highest BCUT2D eigenvalue weighted by molar-refractivity contribution is 8.02. The molecule has 0 saturated carbocycles. The molecule has 1 aromatic carbocycles. The minimum atomic E-state index is -0.205. The van der Waals surface area contributed by atoms with Crippen molar-refractivity contribution in [3.8, 4) is 0 Å². The molecule has 20 heavy (non-hydrogen) atoms. The maximum atomic E-state index is 12.1. The SMILES string of the molecule is Cc1nnc(SC(C)C(=O)Nc2ccc(C)c(C)c2)s1. The molecular formula is C14H17N3OS2. The van der Waals surface area contributed by atoms with Gasteiger partial charge in [-0.2, -0.15) is 0 Å². The highest BCUT2D eigenvalue weighted by Gasteiger charge is 2.16. The van der Waals surface area contributed by atoms with Crippen molar-refractivity contribution in [2.24, 2.45) is 0 Å². The largest absolute Gasteiger partial charge is 0.325 e. The van der Waals surface area contributed by atoms with Crippen LogP contribution in [0.15, 0.2) is 22.5 Å². The van der Waals surface area contributed by atoms with Gasteiger partial charge in [-0.15, -0.1) is 10.2 Å². The molecule has 4 nitrogen and oxygen atoms in total. The predicted octanol–water partition coefficient (Wildman–Crippen LogP) is 3.58. The van der Waals surface area contributed by atoms with Gasteiger partial charge in [-0.25, -0.2) is 0 Å². The first-order valence-corrected chi connectivity index (χ1v) is 8.00. The molecular weight excluding hydrogens is 290 g/mol. The first kappa shape index (κ1) is 15.0. The molecule has 6 heteroatoms. The Morgan fingerprint density at radius 1 is 1.25 bits per heavy atom. The summed E-state index contributed by atoms with van der Waals surface area (Å²) in [6.45, 7) is 7.86. The van der Waals surface area contributed by atoms with Gasteiger partial charge < -0.3 is 5.32 Å². The summed E-state index contributed by atoms with van der Waals surface area (Å²) < 4.78 is 0.824. The van der Waals surface area contributed by atoms with E-state index in [0.717, 1.165) is 15.0 Å². The van der Waals surface area contributed by atoms with Crippen molar-refractivity contribution in [1.29, 1.82) is 0 Å². The molecule has 106 valence electrons. The standard InChI is InChI=1S/C14H17N3OS2/c1-8-5-6-12(7-9(8)2)15-13(18)10(3)19-14-17-16-11(4)20-14/h5-7,10H,1-4H3,(H,15,18). The Morgan fingerprint density at radius 3 is 2.60 bits per heavy atom. The van der Waals surface area contributed by atoms with Crippen LogP contribution in [0.25, 0.3) is 0 Å². The highest BCUT2D eigenvalue weighted by Crippen LogP contribution is 2.27. The lowest BCUT2D eigenvalue weighted by molar-refractivity contribution is -0.115. The zero-order chi connectivity index (χ0) is 14.7. The van der Waals surface area contributed by atoms with Gasteiger partial charge in [-0.1, -0.05) is 29.2 Å². The number of aromatic nitrogens is 2. The Bertz CT molecular complexity index is 625. The Balaban J connectivity index is 1.98. The third-order valence-corrected chi connectivity index (χ3v) is 4.95. The summed E-state index contributed by atoms with van der Waals surface area (Å²) in [5, 5.41) is 11.6. The van der Waals surface area contributed by atoms with Crippen LogP contribution in [0.4, 0.5) is 5.69 Å². The average Bonchev–Trinajstić information content (AvgIpc) is 2.79. The summed E-state index contributed by atoms with van der Waals surface area (Å²) in [5.41, 5.74) is 3.22. The van der Waals surface area contributed by atoms with Gasteiger partial charge in [0, 0.05) is 5.69 Å². The number of aryl methyl sites for hydroxylation is 3. The molecule has 0 spiro atoms. The van der Waals surface area contributed by atoms with Crippen molar-refractivity contribution in [3.63, 3.8) is 0 Å². The van der Waals surface area contributed by atoms with Crippen LogP contribution in [0.2, 0.25) is 0 Å². The number of carbonyl (C=O) groups excluding carboxylic acids is 1. The third-order valence-electron chi connectivity index (χ3n) is 2.93. The molecule has 0 aliphatic carbocycles. The van der Waals surface area contributed by atoms with Crippen molar-refractivity contribution >= 4 is 34.7 Å². The van der Waals surface area contributed by atoms with Gasteiger partial charge in [0.15, 0.2) is 4.34 Å². The molecule has 2 rings (SSSR count). The zero-order valence-corrected chi connectivity index (χ0v) is 13.6. The summed E-state index contributed by atoms with van der Waals surface area (Å²) >= 11 is 2.94. The van der Waals surface area contributed by atoms with E-state index in [9.17, 15) is 4.79 Å². The molecule has 0 aliphatic rings. The molecule has 0 fully saturated rings. The Kier molecular flexibility index (Phi) is 4.77. The van der Waals surface area contributed by atoms with E-state index in [1.54, 1.807) is 0 Å². The van der Waals surface area contributed by atoms with Crippen LogP contribution in [0.1, 0.15) is 23.1 Å². The number of hydrogen-bond donors (Lipinski definition) is 1. The summed E-state index contributed by atoms with van der Waals surface area (Å²) in [7, 11) is 0. The van der Waals surface area contributed by atoms with Crippen molar-refractivity contribution in [1.82, 2.24) is 10.2 Å². The van der Waals surface area contributed by atoms with E-state index in [2.05, 4.69) is 22.4 Å². The number of thioether (sulfide) groups is 1. The lowest BCUT2D eigenvalue weighted by atomic mass is 10.1. The van der Waals surface area contributed by atoms with E-state index < -0.39 is 0 Å². The molecule has 0 aliphatic heterocycles. The molecule has 1 atom stereocenters. The lowest BCUT2D eigenvalue weighted by Gasteiger charge is -2.11. The van der Waals surface area contributed by atoms with E-state index >= 15 is 0 Å². The van der Waals surface area contributed by atoms with Crippen LogP contribution in [0, 0.1) is 20.8 Å². The monoisotopic (exact) mass is 307 g/mol. The Labute approximate surface area is 127 Å². The quantitative estimate of drug-likeness (QED) is 0.877. The molecule has 0 radical (unpaired) electrons. The summed E-state index contributed by atoms with van der Waals surface area (Å²) in [4.78, 5) is 12.1. The van der Waals surface area contributed by atoms with Gasteiger partial charge in [0.25, 0.3) is 0 Å². The van der Waals surface area contributed by atoms with Crippen LogP contribution in [-0.4, -0.2) is 21.4 Å². The first-order chi connectivity index (χ1) is 9.45. The predicted molar refractivity (Wildman–Crippen MR) is 84.5 cm³/mol. The molecule has 1 N–H and O–H groups in total. The molecule has 1 aromatic heterocycles. The van der Waals surface area contributed by atoms with Gasteiger partial charge in [0.05, 0.1) is 5.25 Å². The fourth-order valence-electron chi connectivity index (χ4n) is 1.59. The number of anilines is 1. The number of nitrogens with one attached hydrogen (secondary N) is 1. The van der Waals surface area contributed by atoms with Gasteiger partial charge in [-0.3, -0.25) is 4.79 Å².